The number of nitrogens with zero attached hydrogens (tertiary/aromatic N) is 1. The number of aliphatic carboxylic acids is 1. The number of nitrogens with one attached hydrogen (secondary N) is 1. The van der Waals surface area contributed by atoms with E-state index in [9.17, 15) is 22.8 Å². The molecule has 0 heterocycles. The van der Waals surface area contributed by atoms with Crippen LogP contribution >= 0.6 is 0 Å². The van der Waals surface area contributed by atoms with Crippen LogP contribution in [0.4, 0.5) is 18.0 Å². The lowest BCUT2D eigenvalue weighted by Crippen LogP contribution is -2.57. The number of carboxylic acid groups (broad SMARTS) is 1. The Morgan fingerprint density at radius 1 is 1.28 bits per heavy atom. The Morgan fingerprint density at radius 3 is 2.00 bits per heavy atom. The van der Waals surface area contributed by atoms with Gasteiger partial charge in [0.2, 0.25) is 0 Å². The van der Waals surface area contributed by atoms with Gasteiger partial charge in [0.15, 0.2) is 0 Å². The molecule has 0 saturated heterocycles. The van der Waals surface area contributed by atoms with Crippen LogP contribution in [0.1, 0.15) is 27.7 Å². The van der Waals surface area contributed by atoms with Gasteiger partial charge in [0, 0.05) is 6.04 Å². The maximum atomic E-state index is 12.3. The zero-order chi connectivity index (χ0) is 14.7. The lowest BCUT2D eigenvalue weighted by molar-refractivity contribution is -0.145. The van der Waals surface area contributed by atoms with E-state index in [4.69, 9.17) is 5.11 Å². The summed E-state index contributed by atoms with van der Waals surface area (Å²) in [6.45, 7) is 3.79. The van der Waals surface area contributed by atoms with Gasteiger partial charge >= 0.3 is 18.2 Å². The Morgan fingerprint density at radius 2 is 1.72 bits per heavy atom. The molecule has 0 saturated carbocycles. The molecule has 0 unspecified atom stereocenters. The van der Waals surface area contributed by atoms with Gasteiger partial charge in [0.1, 0.15) is 12.1 Å². The molecule has 106 valence electrons. The van der Waals surface area contributed by atoms with E-state index < -0.39 is 36.3 Å². The van der Waals surface area contributed by atoms with E-state index in [0.717, 1.165) is 0 Å². The molecule has 0 fully saturated rings. The molecule has 0 aliphatic carbocycles. The van der Waals surface area contributed by atoms with Crippen LogP contribution in [0, 0.1) is 0 Å². The molecule has 8 heteroatoms. The molecular formula is C10H17F3N2O3. The quantitative estimate of drug-likeness (QED) is 0.818. The first-order valence-corrected chi connectivity index (χ1v) is 5.26. The summed E-state index contributed by atoms with van der Waals surface area (Å²) in [7, 11) is 0. The van der Waals surface area contributed by atoms with Gasteiger partial charge in [0.05, 0.1) is 0 Å². The number of halogens is 3. The summed E-state index contributed by atoms with van der Waals surface area (Å²) < 4.78 is 36.8. The maximum absolute atomic E-state index is 12.3. The van der Waals surface area contributed by atoms with Crippen LogP contribution in [0.15, 0.2) is 0 Å². The van der Waals surface area contributed by atoms with Crippen LogP contribution in [-0.4, -0.2) is 46.3 Å². The van der Waals surface area contributed by atoms with Gasteiger partial charge in [0.25, 0.3) is 0 Å². The number of urea groups is 1. The second kappa shape index (κ2) is 5.45. The molecule has 0 aromatic heterocycles. The molecule has 0 aliphatic heterocycles. The minimum Gasteiger partial charge on any atom is -0.480 e. The fourth-order valence-corrected chi connectivity index (χ4v) is 1.07. The highest BCUT2D eigenvalue weighted by molar-refractivity contribution is 5.85. The highest BCUT2D eigenvalue weighted by Gasteiger charge is 2.37. The van der Waals surface area contributed by atoms with E-state index in [1.54, 1.807) is 0 Å². The van der Waals surface area contributed by atoms with Crippen molar-refractivity contribution in [3.05, 3.63) is 0 Å². The average molecular weight is 270 g/mol. The number of amides is 2. The molecule has 18 heavy (non-hydrogen) atoms. The van der Waals surface area contributed by atoms with Gasteiger partial charge in [-0.05, 0) is 27.7 Å². The number of carboxylic acids is 1. The third-order valence-corrected chi connectivity index (χ3v) is 2.19. The molecule has 0 bridgehead atoms. The first-order valence-electron chi connectivity index (χ1n) is 5.26. The fraction of sp³-hybridized carbons (Fsp3) is 0.800. The fourth-order valence-electron chi connectivity index (χ4n) is 1.07. The Hall–Kier alpha value is -1.47. The van der Waals surface area contributed by atoms with Gasteiger partial charge in [-0.25, -0.2) is 9.59 Å². The summed E-state index contributed by atoms with van der Waals surface area (Å²) in [5.41, 5.74) is -1.63. The lowest BCUT2D eigenvalue weighted by atomic mass is 10.1. The van der Waals surface area contributed by atoms with Crippen LogP contribution < -0.4 is 5.32 Å². The second-order valence-corrected chi connectivity index (χ2v) is 4.70. The number of hydrogen-bond donors (Lipinski definition) is 2. The minimum atomic E-state index is -4.53. The van der Waals surface area contributed by atoms with E-state index >= 15 is 0 Å². The molecule has 0 spiro atoms. The highest BCUT2D eigenvalue weighted by Crippen LogP contribution is 2.18. The Labute approximate surface area is 103 Å². The molecule has 0 atom stereocenters. The third-order valence-electron chi connectivity index (χ3n) is 2.19. The molecule has 2 amide bonds. The Balaban J connectivity index is 4.85. The molecule has 2 N–H and O–H groups in total. The van der Waals surface area contributed by atoms with Gasteiger partial charge < -0.3 is 15.3 Å². The Kier molecular flexibility index (Phi) is 5.00. The van der Waals surface area contributed by atoms with Gasteiger partial charge in [-0.2, -0.15) is 13.2 Å². The summed E-state index contributed by atoms with van der Waals surface area (Å²) in [6, 6.07) is -1.76. The smallest absolute Gasteiger partial charge is 0.406 e. The number of hydrogen-bond acceptors (Lipinski definition) is 2. The van der Waals surface area contributed by atoms with Gasteiger partial charge in [-0.3, -0.25) is 0 Å². The average Bonchev–Trinajstić information content (AvgIpc) is 2.11. The normalized spacial score (nSPS) is 12.4. The van der Waals surface area contributed by atoms with Crippen LogP contribution in [0.2, 0.25) is 0 Å². The zero-order valence-electron chi connectivity index (χ0n) is 10.6. The van der Waals surface area contributed by atoms with E-state index in [0.29, 0.717) is 4.90 Å². The molecular weight excluding hydrogens is 253 g/mol. The summed E-state index contributed by atoms with van der Waals surface area (Å²) in [4.78, 5) is 22.9. The number of alkyl halides is 3. The number of carbonyl (C=O) groups excluding carboxylic acids is 1. The number of carbonyl (C=O) groups is 2. The third kappa shape index (κ3) is 5.24. The van der Waals surface area contributed by atoms with Crippen LogP contribution in [0.5, 0.6) is 0 Å². The van der Waals surface area contributed by atoms with Crippen molar-refractivity contribution >= 4 is 12.0 Å². The molecule has 0 radical (unpaired) electrons. The monoisotopic (exact) mass is 270 g/mol. The standard InChI is InChI=1S/C10H17F3N2O3/c1-6(2)15(5-10(11,12)13)8(18)14-9(3,4)7(16)17/h6H,5H2,1-4H3,(H,14,18)(H,16,17). The van der Waals surface area contributed by atoms with Crippen molar-refractivity contribution < 1.29 is 27.9 Å². The summed E-state index contributed by atoms with van der Waals surface area (Å²) in [5.74, 6) is -1.33. The summed E-state index contributed by atoms with van der Waals surface area (Å²) >= 11 is 0. The zero-order valence-corrected chi connectivity index (χ0v) is 10.6. The van der Waals surface area contributed by atoms with Crippen molar-refractivity contribution in [2.75, 3.05) is 6.54 Å². The van der Waals surface area contributed by atoms with Crippen molar-refractivity contribution in [1.82, 2.24) is 10.2 Å². The molecule has 0 aromatic rings. The van der Waals surface area contributed by atoms with Gasteiger partial charge in [-0.15, -0.1) is 0 Å². The van der Waals surface area contributed by atoms with E-state index in [1.165, 1.54) is 27.7 Å². The topological polar surface area (TPSA) is 69.6 Å². The van der Waals surface area contributed by atoms with Crippen LogP contribution in [0.25, 0.3) is 0 Å². The minimum absolute atomic E-state index is 0.532. The molecule has 5 nitrogen and oxygen atoms in total. The van der Waals surface area contributed by atoms with Crippen molar-refractivity contribution in [1.29, 1.82) is 0 Å². The summed E-state index contributed by atoms with van der Waals surface area (Å²) in [5, 5.41) is 10.8. The van der Waals surface area contributed by atoms with Gasteiger partial charge in [-0.1, -0.05) is 0 Å². The van der Waals surface area contributed by atoms with Crippen molar-refractivity contribution in [3.8, 4) is 0 Å². The predicted octanol–water partition coefficient (Wildman–Crippen LogP) is 1.83. The van der Waals surface area contributed by atoms with Crippen LogP contribution in [0.3, 0.4) is 0 Å². The molecule has 0 aliphatic rings. The van der Waals surface area contributed by atoms with Crippen molar-refractivity contribution in [3.63, 3.8) is 0 Å². The van der Waals surface area contributed by atoms with Crippen LogP contribution in [-0.2, 0) is 4.79 Å². The maximum Gasteiger partial charge on any atom is 0.406 e. The van der Waals surface area contributed by atoms with E-state index in [-0.39, 0.29) is 0 Å². The SMILES string of the molecule is CC(C)N(CC(F)(F)F)C(=O)NC(C)(C)C(=O)O. The second-order valence-electron chi connectivity index (χ2n) is 4.70. The van der Waals surface area contributed by atoms with E-state index in [1.807, 2.05) is 5.32 Å². The lowest BCUT2D eigenvalue weighted by Gasteiger charge is -2.31. The largest absolute Gasteiger partial charge is 0.480 e. The van der Waals surface area contributed by atoms with Crippen molar-refractivity contribution in [2.24, 2.45) is 0 Å². The highest BCUT2D eigenvalue weighted by atomic mass is 19.4. The predicted molar refractivity (Wildman–Crippen MR) is 58.1 cm³/mol. The number of rotatable bonds is 4. The van der Waals surface area contributed by atoms with Crippen molar-refractivity contribution in [2.45, 2.75) is 45.5 Å². The first kappa shape index (κ1) is 16.5. The molecule has 0 rings (SSSR count). The molecule has 0 aromatic carbocycles. The Bertz CT molecular complexity index is 327. The first-order chi connectivity index (χ1) is 7.87. The van der Waals surface area contributed by atoms with E-state index in [2.05, 4.69) is 0 Å². The summed E-state index contributed by atoms with van der Waals surface area (Å²) in [6.07, 6.45) is -4.53.